The van der Waals surface area contributed by atoms with E-state index < -0.39 is 6.09 Å². The van der Waals surface area contributed by atoms with Gasteiger partial charge in [-0.3, -0.25) is 0 Å². The van der Waals surface area contributed by atoms with Crippen LogP contribution >= 0.6 is 0 Å². The Bertz CT molecular complexity index is 477. The lowest BCUT2D eigenvalue weighted by molar-refractivity contribution is 0.105. The largest absolute Gasteiger partial charge is 0.465 e. The van der Waals surface area contributed by atoms with E-state index in [9.17, 15) is 4.79 Å². The lowest BCUT2D eigenvalue weighted by atomic mass is 10.1. The van der Waals surface area contributed by atoms with Crippen LogP contribution in [0.5, 0.6) is 0 Å². The predicted molar refractivity (Wildman–Crippen MR) is 60.7 cm³/mol. The molecular weight excluding hydrogens is 220 g/mol. The van der Waals surface area contributed by atoms with Crippen LogP contribution in [0.2, 0.25) is 0 Å². The molecule has 0 saturated carbocycles. The van der Waals surface area contributed by atoms with Crippen molar-refractivity contribution in [2.75, 3.05) is 25.0 Å². The standard InChI is InChI=1S/C11H12N4O2/c1-14(9-6-15(7-9)11(16)17)10-4-8(5-12)2-3-13-10/h2-4,9H,6-7H2,1H3,(H,16,17). The molecule has 2 rings (SSSR count). The van der Waals surface area contributed by atoms with E-state index in [1.54, 1.807) is 18.3 Å². The monoisotopic (exact) mass is 232 g/mol. The number of rotatable bonds is 2. The number of likely N-dealkylation sites (tertiary alicyclic amines) is 1. The van der Waals surface area contributed by atoms with E-state index in [0.717, 1.165) is 0 Å². The third kappa shape index (κ3) is 2.13. The van der Waals surface area contributed by atoms with Crippen molar-refractivity contribution in [2.45, 2.75) is 6.04 Å². The van der Waals surface area contributed by atoms with Gasteiger partial charge in [0.15, 0.2) is 0 Å². The van der Waals surface area contributed by atoms with Gasteiger partial charge in [0.1, 0.15) is 5.82 Å². The average molecular weight is 232 g/mol. The van der Waals surface area contributed by atoms with Gasteiger partial charge in [0, 0.05) is 26.3 Å². The molecule has 1 fully saturated rings. The van der Waals surface area contributed by atoms with Crippen LogP contribution in [-0.2, 0) is 0 Å². The fourth-order valence-electron chi connectivity index (χ4n) is 1.72. The number of nitrogens with zero attached hydrogens (tertiary/aromatic N) is 4. The van der Waals surface area contributed by atoms with Crippen LogP contribution in [-0.4, -0.2) is 47.3 Å². The summed E-state index contributed by atoms with van der Waals surface area (Å²) in [7, 11) is 1.85. The number of aromatic nitrogens is 1. The molecule has 0 bridgehead atoms. The molecule has 1 aliphatic rings. The summed E-state index contributed by atoms with van der Waals surface area (Å²) in [5.74, 6) is 0.694. The minimum absolute atomic E-state index is 0.132. The van der Waals surface area contributed by atoms with E-state index in [1.165, 1.54) is 4.90 Å². The van der Waals surface area contributed by atoms with Gasteiger partial charge in [0.05, 0.1) is 17.7 Å². The molecule has 0 aliphatic carbocycles. The van der Waals surface area contributed by atoms with Gasteiger partial charge in [-0.1, -0.05) is 0 Å². The van der Waals surface area contributed by atoms with E-state index in [-0.39, 0.29) is 6.04 Å². The highest BCUT2D eigenvalue weighted by Gasteiger charge is 2.33. The fourth-order valence-corrected chi connectivity index (χ4v) is 1.72. The highest BCUT2D eigenvalue weighted by molar-refractivity contribution is 5.66. The van der Waals surface area contributed by atoms with Gasteiger partial charge in [0.2, 0.25) is 0 Å². The zero-order valence-corrected chi connectivity index (χ0v) is 9.37. The first kappa shape index (κ1) is 11.2. The molecule has 0 radical (unpaired) electrons. The van der Waals surface area contributed by atoms with Gasteiger partial charge in [0.25, 0.3) is 0 Å². The maximum Gasteiger partial charge on any atom is 0.407 e. The molecule has 0 unspecified atom stereocenters. The Kier molecular flexibility index (Phi) is 2.83. The highest BCUT2D eigenvalue weighted by Crippen LogP contribution is 2.19. The summed E-state index contributed by atoms with van der Waals surface area (Å²) in [4.78, 5) is 18.0. The van der Waals surface area contributed by atoms with Crippen molar-refractivity contribution < 1.29 is 9.90 Å². The van der Waals surface area contributed by atoms with Crippen LogP contribution in [0.1, 0.15) is 5.56 Å². The highest BCUT2D eigenvalue weighted by atomic mass is 16.4. The Morgan fingerprint density at radius 2 is 2.41 bits per heavy atom. The number of amides is 1. The first-order valence-corrected chi connectivity index (χ1v) is 5.18. The summed E-state index contributed by atoms with van der Waals surface area (Å²) in [6, 6.07) is 5.52. The van der Waals surface area contributed by atoms with E-state index in [2.05, 4.69) is 11.1 Å². The third-order valence-electron chi connectivity index (χ3n) is 2.92. The molecule has 6 heteroatoms. The second-order valence-electron chi connectivity index (χ2n) is 3.97. The van der Waals surface area contributed by atoms with Crippen LogP contribution in [0.4, 0.5) is 10.6 Å². The summed E-state index contributed by atoms with van der Waals surface area (Å²) < 4.78 is 0. The van der Waals surface area contributed by atoms with Crippen molar-refractivity contribution >= 4 is 11.9 Å². The van der Waals surface area contributed by atoms with E-state index in [0.29, 0.717) is 24.5 Å². The first-order valence-electron chi connectivity index (χ1n) is 5.18. The zero-order chi connectivity index (χ0) is 12.4. The normalized spacial score (nSPS) is 14.9. The topological polar surface area (TPSA) is 80.5 Å². The number of anilines is 1. The van der Waals surface area contributed by atoms with Gasteiger partial charge in [-0.05, 0) is 12.1 Å². The smallest absolute Gasteiger partial charge is 0.407 e. The van der Waals surface area contributed by atoms with Crippen molar-refractivity contribution in [3.05, 3.63) is 23.9 Å². The van der Waals surface area contributed by atoms with Crippen LogP contribution in [0.3, 0.4) is 0 Å². The summed E-state index contributed by atoms with van der Waals surface area (Å²) in [6.07, 6.45) is 0.686. The molecule has 2 heterocycles. The van der Waals surface area contributed by atoms with Crippen molar-refractivity contribution in [1.29, 1.82) is 5.26 Å². The molecule has 0 spiro atoms. The number of nitriles is 1. The number of pyridine rings is 1. The zero-order valence-electron chi connectivity index (χ0n) is 9.37. The molecule has 1 saturated heterocycles. The summed E-state index contributed by atoms with van der Waals surface area (Å²) in [5, 5.41) is 17.5. The van der Waals surface area contributed by atoms with Crippen molar-refractivity contribution in [2.24, 2.45) is 0 Å². The molecule has 6 nitrogen and oxygen atoms in total. The molecule has 1 aromatic rings. The molecule has 1 amide bonds. The van der Waals surface area contributed by atoms with Crippen LogP contribution in [0, 0.1) is 11.3 Å². The van der Waals surface area contributed by atoms with Crippen molar-refractivity contribution in [3.8, 4) is 6.07 Å². The Morgan fingerprint density at radius 3 is 3.00 bits per heavy atom. The molecule has 1 aliphatic heterocycles. The second kappa shape index (κ2) is 4.29. The minimum atomic E-state index is -0.895. The Morgan fingerprint density at radius 1 is 1.71 bits per heavy atom. The molecule has 1 aromatic heterocycles. The van der Waals surface area contributed by atoms with Crippen molar-refractivity contribution in [3.63, 3.8) is 0 Å². The van der Waals surface area contributed by atoms with E-state index >= 15 is 0 Å². The van der Waals surface area contributed by atoms with Gasteiger partial charge < -0.3 is 14.9 Å². The number of hydrogen-bond acceptors (Lipinski definition) is 4. The lowest BCUT2D eigenvalue weighted by Gasteiger charge is -2.42. The van der Waals surface area contributed by atoms with E-state index in [4.69, 9.17) is 10.4 Å². The minimum Gasteiger partial charge on any atom is -0.465 e. The van der Waals surface area contributed by atoms with Crippen LogP contribution in [0.15, 0.2) is 18.3 Å². The Balaban J connectivity index is 2.04. The van der Waals surface area contributed by atoms with Crippen LogP contribution in [0.25, 0.3) is 0 Å². The van der Waals surface area contributed by atoms with Gasteiger partial charge >= 0.3 is 6.09 Å². The maximum absolute atomic E-state index is 10.6. The quantitative estimate of drug-likeness (QED) is 0.813. The molecule has 0 atom stereocenters. The van der Waals surface area contributed by atoms with Gasteiger partial charge in [-0.25, -0.2) is 9.78 Å². The first-order chi connectivity index (χ1) is 8.11. The second-order valence-corrected chi connectivity index (χ2v) is 3.97. The summed E-state index contributed by atoms with van der Waals surface area (Å²) >= 11 is 0. The molecule has 1 N–H and O–H groups in total. The molecule has 88 valence electrons. The fraction of sp³-hybridized carbons (Fsp3) is 0.364. The summed E-state index contributed by atoms with van der Waals surface area (Å²) in [6.45, 7) is 0.953. The third-order valence-corrected chi connectivity index (χ3v) is 2.92. The number of likely N-dealkylation sites (N-methyl/N-ethyl adjacent to an activating group) is 1. The van der Waals surface area contributed by atoms with E-state index in [1.807, 2.05) is 11.9 Å². The number of carboxylic acid groups (broad SMARTS) is 1. The van der Waals surface area contributed by atoms with Gasteiger partial charge in [-0.15, -0.1) is 0 Å². The van der Waals surface area contributed by atoms with Crippen molar-refractivity contribution in [1.82, 2.24) is 9.88 Å². The number of carbonyl (C=O) groups is 1. The Labute approximate surface area is 98.7 Å². The maximum atomic E-state index is 10.6. The molecule has 0 aromatic carbocycles. The number of hydrogen-bond donors (Lipinski definition) is 1. The predicted octanol–water partition coefficient (Wildman–Crippen LogP) is 0.752. The SMILES string of the molecule is CN(c1cc(C#N)ccn1)C1CN(C(=O)O)C1. The lowest BCUT2D eigenvalue weighted by Crippen LogP contribution is -2.60. The van der Waals surface area contributed by atoms with Crippen LogP contribution < -0.4 is 4.90 Å². The summed E-state index contributed by atoms with van der Waals surface area (Å²) in [5.41, 5.74) is 0.552. The molecule has 17 heavy (non-hydrogen) atoms. The average Bonchev–Trinajstić information content (AvgIpc) is 2.26. The van der Waals surface area contributed by atoms with Gasteiger partial charge in [-0.2, -0.15) is 5.26 Å². The molecular formula is C11H12N4O2. The Hall–Kier alpha value is -2.29.